The third-order valence-electron chi connectivity index (χ3n) is 4.98. The molecule has 150 valence electrons. The minimum atomic E-state index is -3.48. The molecule has 7 heteroatoms. The van der Waals surface area contributed by atoms with Crippen molar-refractivity contribution in [3.8, 4) is 0 Å². The van der Waals surface area contributed by atoms with Crippen LogP contribution in [-0.4, -0.2) is 44.2 Å². The second-order valence-corrected chi connectivity index (χ2v) is 9.16. The zero-order chi connectivity index (χ0) is 20.1. The first-order chi connectivity index (χ1) is 13.3. The molecule has 0 aliphatic carbocycles. The van der Waals surface area contributed by atoms with Crippen LogP contribution < -0.4 is 5.32 Å². The number of aryl methyl sites for hydroxylation is 1. The summed E-state index contributed by atoms with van der Waals surface area (Å²) in [7, 11) is -3.48. The first kappa shape index (κ1) is 20.6. The number of halogens is 1. The third-order valence-corrected chi connectivity index (χ3v) is 6.88. The molecule has 28 heavy (non-hydrogen) atoms. The van der Waals surface area contributed by atoms with E-state index in [1.165, 1.54) is 16.4 Å². The normalized spacial score (nSPS) is 16.2. The largest absolute Gasteiger partial charge is 0.307 e. The molecular weight excluding hydrogens is 379 g/mol. The SMILES string of the molecule is Cc1cccc(S(=O)(=O)N2CCC(NCC(=O)Cc3ccc(F)cc3)CC2)c1. The van der Waals surface area contributed by atoms with Gasteiger partial charge in [0.05, 0.1) is 11.4 Å². The monoisotopic (exact) mass is 404 g/mol. The second kappa shape index (κ2) is 8.94. The predicted octanol–water partition coefficient (Wildman–Crippen LogP) is 2.69. The molecule has 1 heterocycles. The second-order valence-electron chi connectivity index (χ2n) is 7.22. The van der Waals surface area contributed by atoms with Crippen molar-refractivity contribution in [3.63, 3.8) is 0 Å². The molecule has 2 aromatic carbocycles. The van der Waals surface area contributed by atoms with Gasteiger partial charge in [-0.15, -0.1) is 0 Å². The fraction of sp³-hybridized carbons (Fsp3) is 0.381. The van der Waals surface area contributed by atoms with E-state index < -0.39 is 10.0 Å². The molecule has 1 saturated heterocycles. The van der Waals surface area contributed by atoms with Crippen molar-refractivity contribution in [1.29, 1.82) is 0 Å². The van der Waals surface area contributed by atoms with E-state index in [4.69, 9.17) is 0 Å². The Balaban J connectivity index is 1.47. The molecule has 1 aliphatic heterocycles. The van der Waals surface area contributed by atoms with E-state index >= 15 is 0 Å². The Morgan fingerprint density at radius 2 is 1.82 bits per heavy atom. The van der Waals surface area contributed by atoms with Crippen LogP contribution in [0.25, 0.3) is 0 Å². The van der Waals surface area contributed by atoms with Crippen LogP contribution in [0.3, 0.4) is 0 Å². The van der Waals surface area contributed by atoms with Crippen molar-refractivity contribution < 1.29 is 17.6 Å². The van der Waals surface area contributed by atoms with Crippen molar-refractivity contribution in [3.05, 3.63) is 65.5 Å². The van der Waals surface area contributed by atoms with Crippen molar-refractivity contribution in [2.45, 2.75) is 37.1 Å². The molecule has 1 aliphatic rings. The summed E-state index contributed by atoms with van der Waals surface area (Å²) in [5.41, 5.74) is 1.70. The number of hydrogen-bond donors (Lipinski definition) is 1. The number of rotatable bonds is 7. The summed E-state index contributed by atoms with van der Waals surface area (Å²) < 4.78 is 40.0. The lowest BCUT2D eigenvalue weighted by molar-refractivity contribution is -0.117. The number of carbonyl (C=O) groups is 1. The van der Waals surface area contributed by atoms with Gasteiger partial charge in [-0.3, -0.25) is 4.79 Å². The number of nitrogens with zero attached hydrogens (tertiary/aromatic N) is 1. The molecule has 1 fully saturated rings. The molecule has 0 saturated carbocycles. The number of benzene rings is 2. The highest BCUT2D eigenvalue weighted by atomic mass is 32.2. The summed E-state index contributed by atoms with van der Waals surface area (Å²) in [4.78, 5) is 12.4. The average Bonchev–Trinajstić information content (AvgIpc) is 2.68. The van der Waals surface area contributed by atoms with E-state index in [0.29, 0.717) is 30.8 Å². The Bertz CT molecular complexity index is 921. The van der Waals surface area contributed by atoms with Gasteiger partial charge in [0.2, 0.25) is 10.0 Å². The molecule has 3 rings (SSSR count). The van der Waals surface area contributed by atoms with Gasteiger partial charge in [0.25, 0.3) is 0 Å². The maximum Gasteiger partial charge on any atom is 0.243 e. The lowest BCUT2D eigenvalue weighted by atomic mass is 10.1. The smallest absolute Gasteiger partial charge is 0.243 e. The summed E-state index contributed by atoms with van der Waals surface area (Å²) in [6, 6.07) is 13.0. The van der Waals surface area contributed by atoms with Crippen molar-refractivity contribution in [1.82, 2.24) is 9.62 Å². The molecule has 1 N–H and O–H groups in total. The minimum Gasteiger partial charge on any atom is -0.307 e. The molecule has 5 nitrogen and oxygen atoms in total. The molecule has 0 aromatic heterocycles. The van der Waals surface area contributed by atoms with Gasteiger partial charge in [0, 0.05) is 25.6 Å². The van der Waals surface area contributed by atoms with E-state index in [1.807, 2.05) is 13.0 Å². The summed E-state index contributed by atoms with van der Waals surface area (Å²) in [6.45, 7) is 2.96. The number of sulfonamides is 1. The lowest BCUT2D eigenvalue weighted by Crippen LogP contribution is -2.46. The lowest BCUT2D eigenvalue weighted by Gasteiger charge is -2.31. The quantitative estimate of drug-likeness (QED) is 0.771. The van der Waals surface area contributed by atoms with E-state index in [1.54, 1.807) is 30.3 Å². The van der Waals surface area contributed by atoms with Gasteiger partial charge in [-0.1, -0.05) is 24.3 Å². The standard InChI is InChI=1S/C21H25FN2O3S/c1-16-3-2-4-21(13-16)28(26,27)24-11-9-19(10-12-24)23-15-20(25)14-17-5-7-18(22)8-6-17/h2-8,13,19,23H,9-12,14-15H2,1H3. The zero-order valence-electron chi connectivity index (χ0n) is 15.9. The van der Waals surface area contributed by atoms with Gasteiger partial charge < -0.3 is 5.32 Å². The highest BCUT2D eigenvalue weighted by Crippen LogP contribution is 2.21. The van der Waals surface area contributed by atoms with Crippen LogP contribution in [0.15, 0.2) is 53.4 Å². The Morgan fingerprint density at radius 3 is 2.46 bits per heavy atom. The van der Waals surface area contributed by atoms with Crippen molar-refractivity contribution in [2.24, 2.45) is 0 Å². The number of hydrogen-bond acceptors (Lipinski definition) is 4. The van der Waals surface area contributed by atoms with Gasteiger partial charge in [-0.05, 0) is 55.2 Å². The van der Waals surface area contributed by atoms with Gasteiger partial charge in [0.1, 0.15) is 5.82 Å². The number of nitrogens with one attached hydrogen (secondary N) is 1. The van der Waals surface area contributed by atoms with E-state index in [2.05, 4.69) is 5.32 Å². The Hall–Kier alpha value is -2.09. The molecule has 0 bridgehead atoms. The minimum absolute atomic E-state index is 0.0291. The topological polar surface area (TPSA) is 66.5 Å². The number of piperidine rings is 1. The van der Waals surface area contributed by atoms with Crippen LogP contribution in [0.4, 0.5) is 4.39 Å². The maximum atomic E-state index is 12.9. The van der Waals surface area contributed by atoms with Gasteiger partial charge in [-0.2, -0.15) is 4.31 Å². The molecule has 0 radical (unpaired) electrons. The summed E-state index contributed by atoms with van der Waals surface area (Å²) >= 11 is 0. The predicted molar refractivity (Wildman–Crippen MR) is 106 cm³/mol. The molecular formula is C21H25FN2O3S. The summed E-state index contributed by atoms with van der Waals surface area (Å²) in [5.74, 6) is -0.289. The van der Waals surface area contributed by atoms with E-state index in [-0.39, 0.29) is 30.6 Å². The summed E-state index contributed by atoms with van der Waals surface area (Å²) in [5, 5.41) is 3.23. The third kappa shape index (κ3) is 5.25. The molecule has 2 aromatic rings. The molecule has 0 atom stereocenters. The van der Waals surface area contributed by atoms with Gasteiger partial charge in [0.15, 0.2) is 5.78 Å². The van der Waals surface area contributed by atoms with Crippen LogP contribution in [0.1, 0.15) is 24.0 Å². The van der Waals surface area contributed by atoms with Crippen LogP contribution in [0.2, 0.25) is 0 Å². The number of Topliss-reactive ketones (excluding diaryl/α,β-unsaturated/α-hetero) is 1. The van der Waals surface area contributed by atoms with Crippen LogP contribution in [0, 0.1) is 12.7 Å². The first-order valence-corrected chi connectivity index (χ1v) is 10.8. The van der Waals surface area contributed by atoms with Gasteiger partial charge >= 0.3 is 0 Å². The van der Waals surface area contributed by atoms with Crippen molar-refractivity contribution >= 4 is 15.8 Å². The summed E-state index contributed by atoms with van der Waals surface area (Å²) in [6.07, 6.45) is 1.58. The van der Waals surface area contributed by atoms with Crippen molar-refractivity contribution in [2.75, 3.05) is 19.6 Å². The van der Waals surface area contributed by atoms with Crippen LogP contribution >= 0.6 is 0 Å². The fourth-order valence-corrected chi connectivity index (χ4v) is 4.95. The zero-order valence-corrected chi connectivity index (χ0v) is 16.7. The van der Waals surface area contributed by atoms with E-state index in [9.17, 15) is 17.6 Å². The molecule has 0 unspecified atom stereocenters. The van der Waals surface area contributed by atoms with Gasteiger partial charge in [-0.25, -0.2) is 12.8 Å². The Kier molecular flexibility index (Phi) is 6.59. The Labute approximate surface area is 165 Å². The Morgan fingerprint density at radius 1 is 1.14 bits per heavy atom. The molecule has 0 spiro atoms. The van der Waals surface area contributed by atoms with Crippen LogP contribution in [-0.2, 0) is 21.2 Å². The number of ketones is 1. The first-order valence-electron chi connectivity index (χ1n) is 9.41. The number of carbonyl (C=O) groups excluding carboxylic acids is 1. The average molecular weight is 405 g/mol. The highest BCUT2D eigenvalue weighted by molar-refractivity contribution is 7.89. The highest BCUT2D eigenvalue weighted by Gasteiger charge is 2.29. The van der Waals surface area contributed by atoms with Crippen LogP contribution in [0.5, 0.6) is 0 Å². The fourth-order valence-electron chi connectivity index (χ4n) is 3.38. The van der Waals surface area contributed by atoms with E-state index in [0.717, 1.165) is 11.1 Å². The molecule has 0 amide bonds. The maximum absolute atomic E-state index is 12.9.